The Balaban J connectivity index is 1.30. The minimum Gasteiger partial charge on any atom is -0.387 e. The number of piperazine rings is 1. The first kappa shape index (κ1) is 20.0. The molecule has 6 rings (SSSR count). The number of fused-ring (bicyclic) bond motifs is 2. The van der Waals surface area contributed by atoms with Gasteiger partial charge in [-0.3, -0.25) is 4.98 Å². The van der Waals surface area contributed by atoms with Crippen LogP contribution in [0, 0.1) is 0 Å². The van der Waals surface area contributed by atoms with E-state index in [1.807, 2.05) is 12.1 Å². The lowest BCUT2D eigenvalue weighted by atomic mass is 10.0. The van der Waals surface area contributed by atoms with E-state index < -0.39 is 18.6 Å². The van der Waals surface area contributed by atoms with Crippen LogP contribution in [-0.4, -0.2) is 70.3 Å². The molecule has 3 saturated heterocycles. The monoisotopic (exact) mass is 443 g/mol. The predicted octanol–water partition coefficient (Wildman–Crippen LogP) is 2.25. The van der Waals surface area contributed by atoms with Gasteiger partial charge >= 0.3 is 0 Å². The Kier molecular flexibility index (Phi) is 4.69. The van der Waals surface area contributed by atoms with E-state index in [1.165, 1.54) is 0 Å². The number of aromatic nitrogens is 3. The fourth-order valence-corrected chi connectivity index (χ4v) is 5.02. The number of piperidine rings is 1. The molecule has 3 N–H and O–H groups in total. The van der Waals surface area contributed by atoms with Crippen LogP contribution in [0.15, 0.2) is 24.5 Å². The highest BCUT2D eigenvalue weighted by Crippen LogP contribution is 2.39. The van der Waals surface area contributed by atoms with Crippen LogP contribution in [0.5, 0.6) is 0 Å². The third-order valence-electron chi connectivity index (χ3n) is 6.99. The third kappa shape index (κ3) is 3.75. The summed E-state index contributed by atoms with van der Waals surface area (Å²) in [5, 5.41) is 16.4. The zero-order valence-electron chi connectivity index (χ0n) is 17.7. The molecule has 1 aliphatic carbocycles. The molecule has 3 unspecified atom stereocenters. The summed E-state index contributed by atoms with van der Waals surface area (Å²) in [5.41, 5.74) is 1.97. The van der Waals surface area contributed by atoms with Crippen molar-refractivity contribution in [1.82, 2.24) is 20.3 Å². The highest BCUT2D eigenvalue weighted by molar-refractivity contribution is 5.66. The number of nitrogens with zero attached hydrogens (tertiary/aromatic N) is 5. The Morgan fingerprint density at radius 2 is 2.00 bits per heavy atom. The molecule has 0 spiro atoms. The molecule has 8 nitrogen and oxygen atoms in total. The molecule has 4 fully saturated rings. The van der Waals surface area contributed by atoms with Crippen LogP contribution in [-0.2, 0) is 0 Å². The summed E-state index contributed by atoms with van der Waals surface area (Å²) in [6, 6.07) is 4.70. The number of hydrogen-bond donors (Lipinski definition) is 3. The van der Waals surface area contributed by atoms with Crippen molar-refractivity contribution in [2.45, 2.75) is 55.7 Å². The van der Waals surface area contributed by atoms with Crippen molar-refractivity contribution >= 4 is 23.1 Å². The Labute approximate surface area is 185 Å². The van der Waals surface area contributed by atoms with E-state index in [9.17, 15) is 13.9 Å². The second kappa shape index (κ2) is 7.48. The second-order valence-electron chi connectivity index (χ2n) is 9.43. The fraction of sp³-hybridized carbons (Fsp3) is 0.591. The first-order valence-electron chi connectivity index (χ1n) is 11.4. The van der Waals surface area contributed by atoms with Crippen LogP contribution in [0.3, 0.4) is 0 Å². The van der Waals surface area contributed by atoms with Crippen molar-refractivity contribution in [1.29, 1.82) is 0 Å². The van der Waals surface area contributed by atoms with Crippen LogP contribution >= 0.6 is 0 Å². The number of nitrogens with one attached hydrogen (secondary N) is 2. The molecule has 170 valence electrons. The van der Waals surface area contributed by atoms with Crippen molar-refractivity contribution in [2.24, 2.45) is 0 Å². The summed E-state index contributed by atoms with van der Waals surface area (Å²) < 4.78 is 28.5. The third-order valence-corrected chi connectivity index (χ3v) is 6.99. The van der Waals surface area contributed by atoms with Crippen LogP contribution in [0.2, 0.25) is 0 Å². The van der Waals surface area contributed by atoms with Gasteiger partial charge in [-0.1, -0.05) is 0 Å². The van der Waals surface area contributed by atoms with Gasteiger partial charge in [0.15, 0.2) is 0 Å². The summed E-state index contributed by atoms with van der Waals surface area (Å²) in [4.78, 5) is 17.5. The summed E-state index contributed by atoms with van der Waals surface area (Å²) in [6.07, 6.45) is 5.31. The fourth-order valence-electron chi connectivity index (χ4n) is 5.02. The number of rotatable bonds is 5. The summed E-state index contributed by atoms with van der Waals surface area (Å²) in [7, 11) is 0. The average Bonchev–Trinajstić information content (AvgIpc) is 3.41. The quantitative estimate of drug-likeness (QED) is 0.649. The van der Waals surface area contributed by atoms with Crippen LogP contribution < -0.4 is 20.4 Å². The highest BCUT2D eigenvalue weighted by atomic mass is 19.3. The smallest absolute Gasteiger partial charge is 0.290 e. The Morgan fingerprint density at radius 3 is 2.66 bits per heavy atom. The van der Waals surface area contributed by atoms with Gasteiger partial charge in [0.2, 0.25) is 0 Å². The van der Waals surface area contributed by atoms with Gasteiger partial charge in [-0.2, -0.15) is 0 Å². The molecule has 2 bridgehead atoms. The molecule has 0 radical (unpaired) electrons. The van der Waals surface area contributed by atoms with Gasteiger partial charge in [0.1, 0.15) is 23.6 Å². The molecule has 5 heterocycles. The van der Waals surface area contributed by atoms with Crippen molar-refractivity contribution in [3.63, 3.8) is 0 Å². The molecule has 1 saturated carbocycles. The molecule has 0 amide bonds. The van der Waals surface area contributed by atoms with E-state index in [0.717, 1.165) is 43.7 Å². The maximum absolute atomic E-state index is 14.2. The molecule has 0 aromatic carbocycles. The van der Waals surface area contributed by atoms with E-state index >= 15 is 0 Å². The molecule has 32 heavy (non-hydrogen) atoms. The van der Waals surface area contributed by atoms with Crippen LogP contribution in [0.1, 0.15) is 37.3 Å². The molecule has 2 aromatic rings. The van der Waals surface area contributed by atoms with Gasteiger partial charge in [0.25, 0.3) is 5.92 Å². The number of pyridine rings is 1. The summed E-state index contributed by atoms with van der Waals surface area (Å²) in [6.45, 7) is 1.59. The van der Waals surface area contributed by atoms with E-state index in [-0.39, 0.29) is 6.42 Å². The molecular formula is C22H27F2N7O. The molecule has 3 aliphatic heterocycles. The van der Waals surface area contributed by atoms with Crippen molar-refractivity contribution < 1.29 is 13.9 Å². The average molecular weight is 444 g/mol. The van der Waals surface area contributed by atoms with Gasteiger partial charge in [-0.05, 0) is 25.7 Å². The minimum atomic E-state index is -3.16. The largest absolute Gasteiger partial charge is 0.387 e. The number of anilines is 4. The van der Waals surface area contributed by atoms with Gasteiger partial charge in [0, 0.05) is 55.5 Å². The lowest BCUT2D eigenvalue weighted by molar-refractivity contribution is -0.113. The zero-order chi connectivity index (χ0) is 21.9. The van der Waals surface area contributed by atoms with E-state index in [4.69, 9.17) is 0 Å². The van der Waals surface area contributed by atoms with Crippen LogP contribution in [0.25, 0.3) is 0 Å². The number of alkyl halides is 2. The molecule has 4 aliphatic rings. The molecule has 10 heteroatoms. The zero-order valence-corrected chi connectivity index (χ0v) is 17.7. The van der Waals surface area contributed by atoms with Crippen molar-refractivity contribution in [3.05, 3.63) is 30.2 Å². The Bertz CT molecular complexity index is 1000. The number of aliphatic hydroxyl groups is 1. The Hall–Kier alpha value is -2.59. The van der Waals surface area contributed by atoms with Gasteiger partial charge in [0.05, 0.1) is 24.6 Å². The van der Waals surface area contributed by atoms with Crippen molar-refractivity contribution in [3.8, 4) is 0 Å². The van der Waals surface area contributed by atoms with E-state index in [0.29, 0.717) is 42.0 Å². The van der Waals surface area contributed by atoms with Gasteiger partial charge in [-0.25, -0.2) is 18.7 Å². The van der Waals surface area contributed by atoms with E-state index in [1.54, 1.807) is 17.3 Å². The number of halogens is 2. The van der Waals surface area contributed by atoms with Crippen LogP contribution in [0.4, 0.5) is 31.9 Å². The first-order valence-corrected chi connectivity index (χ1v) is 11.4. The molecule has 2 aromatic heterocycles. The lowest BCUT2D eigenvalue weighted by Gasteiger charge is -2.37. The van der Waals surface area contributed by atoms with Gasteiger partial charge in [-0.15, -0.1) is 0 Å². The SMILES string of the molecule is OC1CCN(c2cc(N3CC4CC3CN4)cc(Nc3cnc(C4CC4)cn3)n2)CC1(F)F. The highest BCUT2D eigenvalue weighted by Gasteiger charge is 2.44. The minimum absolute atomic E-state index is 0.00804. The molecule has 3 atom stereocenters. The first-order chi connectivity index (χ1) is 15.4. The predicted molar refractivity (Wildman–Crippen MR) is 117 cm³/mol. The normalized spacial score (nSPS) is 28.9. The maximum Gasteiger partial charge on any atom is 0.290 e. The summed E-state index contributed by atoms with van der Waals surface area (Å²) >= 11 is 0. The lowest BCUT2D eigenvalue weighted by Crippen LogP contribution is -2.52. The number of aliphatic hydroxyl groups excluding tert-OH is 1. The van der Waals surface area contributed by atoms with Gasteiger partial charge < -0.3 is 25.5 Å². The standard InChI is InChI=1S/C22H27F2N7O/c23-22(24)12-30(4-3-18(22)32)21-7-15(31-11-14-5-16(31)8-25-14)6-19(29-21)28-20-10-26-17(9-27-20)13-1-2-13/h6-7,9-10,13-14,16,18,25,32H,1-5,8,11-12H2,(H,27,28,29). The maximum atomic E-state index is 14.2. The second-order valence-corrected chi connectivity index (χ2v) is 9.43. The van der Waals surface area contributed by atoms with E-state index in [2.05, 4.69) is 30.5 Å². The molecular weight excluding hydrogens is 416 g/mol. The topological polar surface area (TPSA) is 89.4 Å². The Morgan fingerprint density at radius 1 is 1.12 bits per heavy atom. The number of hydrogen-bond acceptors (Lipinski definition) is 8. The summed E-state index contributed by atoms with van der Waals surface area (Å²) in [5.74, 6) is -1.02. The van der Waals surface area contributed by atoms with Crippen molar-refractivity contribution in [2.75, 3.05) is 41.3 Å².